The monoisotopic (exact) mass is 752 g/mol. The van der Waals surface area contributed by atoms with Crippen LogP contribution in [0.15, 0.2) is 30.4 Å². The van der Waals surface area contributed by atoms with Gasteiger partial charge in [-0.05, 0) is 51.0 Å². The Hall–Kier alpha value is -4.66. The van der Waals surface area contributed by atoms with E-state index in [-0.39, 0.29) is 81.3 Å². The molecule has 19 nitrogen and oxygen atoms in total. The molecule has 294 valence electrons. The van der Waals surface area contributed by atoms with Crippen molar-refractivity contribution >= 4 is 41.3 Å². The van der Waals surface area contributed by atoms with Crippen LogP contribution in [0.5, 0.6) is 5.75 Å². The number of aliphatic carboxylic acids is 1. The molecule has 0 aliphatic carbocycles. The molecule has 2 aliphatic heterocycles. The van der Waals surface area contributed by atoms with Crippen molar-refractivity contribution in [3.63, 3.8) is 0 Å². The number of aliphatic hydroxyl groups excluding tert-OH is 4. The Balaban J connectivity index is 1.44. The first-order valence-corrected chi connectivity index (χ1v) is 16.9. The maximum absolute atomic E-state index is 12.9. The summed E-state index contributed by atoms with van der Waals surface area (Å²) in [5.74, 6) is -3.82. The summed E-state index contributed by atoms with van der Waals surface area (Å²) in [6.07, 6.45) is -7.54. The fraction of sp³-hybridized carbons (Fsp3) is 0.588. The second kappa shape index (κ2) is 20.0. The summed E-state index contributed by atoms with van der Waals surface area (Å²) in [5, 5.41) is 57.4. The zero-order valence-corrected chi connectivity index (χ0v) is 29.7. The minimum Gasteiger partial charge on any atom is -0.479 e. The van der Waals surface area contributed by atoms with Crippen LogP contribution in [-0.2, 0) is 49.6 Å². The lowest BCUT2D eigenvalue weighted by molar-refractivity contribution is -0.271. The molecule has 2 aliphatic rings. The number of carbonyl (C=O) groups is 6. The number of carboxylic acids is 1. The van der Waals surface area contributed by atoms with Gasteiger partial charge < -0.3 is 65.3 Å². The molecule has 1 fully saturated rings. The summed E-state index contributed by atoms with van der Waals surface area (Å²) in [4.78, 5) is 73.6. The third kappa shape index (κ3) is 13.4. The molecular formula is C34H48N4O15. The van der Waals surface area contributed by atoms with E-state index in [2.05, 4.69) is 16.0 Å². The number of benzene rings is 1. The molecule has 3 rings (SSSR count). The smallest absolute Gasteiger partial charge is 0.335 e. The molecule has 53 heavy (non-hydrogen) atoms. The number of nitrogens with zero attached hydrogens (tertiary/aromatic N) is 1. The Morgan fingerprint density at radius 1 is 0.887 bits per heavy atom. The molecule has 19 heteroatoms. The van der Waals surface area contributed by atoms with E-state index in [9.17, 15) is 54.3 Å². The Labute approximate surface area is 305 Å². The molecule has 4 amide bonds. The highest BCUT2D eigenvalue weighted by atomic mass is 16.7. The summed E-state index contributed by atoms with van der Waals surface area (Å²) < 4.78 is 21.6. The van der Waals surface area contributed by atoms with Gasteiger partial charge in [0.2, 0.25) is 29.9 Å². The predicted octanol–water partition coefficient (Wildman–Crippen LogP) is -1.49. The van der Waals surface area contributed by atoms with E-state index in [4.69, 9.17) is 18.9 Å². The number of aliphatic hydroxyl groups is 4. The highest BCUT2D eigenvalue weighted by Crippen LogP contribution is 2.31. The van der Waals surface area contributed by atoms with E-state index in [1.807, 2.05) is 0 Å². The van der Waals surface area contributed by atoms with E-state index in [0.717, 1.165) is 0 Å². The van der Waals surface area contributed by atoms with Crippen LogP contribution in [0.2, 0.25) is 0 Å². The highest BCUT2D eigenvalue weighted by molar-refractivity contribution is 5.93. The number of ether oxygens (including phenoxy) is 4. The van der Waals surface area contributed by atoms with Gasteiger partial charge in [-0.15, -0.1) is 0 Å². The molecular weight excluding hydrogens is 704 g/mol. The van der Waals surface area contributed by atoms with Crippen LogP contribution in [0.1, 0.15) is 52.0 Å². The number of hydrogen-bond donors (Lipinski definition) is 8. The van der Waals surface area contributed by atoms with Gasteiger partial charge in [0.25, 0.3) is 0 Å². The first-order chi connectivity index (χ1) is 25.0. The summed E-state index contributed by atoms with van der Waals surface area (Å²) in [7, 11) is 0. The average Bonchev–Trinajstić information content (AvgIpc) is 3.42. The predicted molar refractivity (Wildman–Crippen MR) is 181 cm³/mol. The van der Waals surface area contributed by atoms with Crippen LogP contribution < -0.4 is 20.7 Å². The zero-order chi connectivity index (χ0) is 39.3. The van der Waals surface area contributed by atoms with Crippen molar-refractivity contribution in [1.82, 2.24) is 15.5 Å². The van der Waals surface area contributed by atoms with E-state index in [1.54, 1.807) is 20.8 Å². The number of hydrogen-bond acceptors (Lipinski definition) is 14. The molecule has 6 atom stereocenters. The quantitative estimate of drug-likeness (QED) is 0.0591. The number of rotatable bonds is 19. The lowest BCUT2D eigenvalue weighted by Crippen LogP contribution is -2.61. The largest absolute Gasteiger partial charge is 0.479 e. The first-order valence-electron chi connectivity index (χ1n) is 16.9. The number of amides is 4. The third-order valence-corrected chi connectivity index (χ3v) is 7.88. The Morgan fingerprint density at radius 3 is 2.25 bits per heavy atom. The average molecular weight is 753 g/mol. The van der Waals surface area contributed by atoms with Crippen molar-refractivity contribution in [3.05, 3.63) is 35.9 Å². The number of carbonyl (C=O) groups excluding carboxylic acids is 5. The van der Waals surface area contributed by atoms with Gasteiger partial charge in [-0.3, -0.25) is 24.0 Å². The normalized spacial score (nSPS) is 22.6. The molecule has 0 saturated carbocycles. The minimum atomic E-state index is -1.94. The lowest BCUT2D eigenvalue weighted by atomic mass is 9.97. The molecule has 0 bridgehead atoms. The fourth-order valence-corrected chi connectivity index (χ4v) is 4.84. The van der Waals surface area contributed by atoms with Crippen molar-refractivity contribution < 1.29 is 73.2 Å². The van der Waals surface area contributed by atoms with E-state index >= 15 is 0 Å². The maximum atomic E-state index is 12.9. The second-order valence-electron chi connectivity index (χ2n) is 13.3. The maximum Gasteiger partial charge on any atom is 0.335 e. The Bertz CT molecular complexity index is 1500. The van der Waals surface area contributed by atoms with Crippen LogP contribution in [0.3, 0.4) is 0 Å². The van der Waals surface area contributed by atoms with Crippen molar-refractivity contribution in [2.45, 2.75) is 90.0 Å². The van der Waals surface area contributed by atoms with E-state index in [1.165, 1.54) is 35.3 Å². The minimum absolute atomic E-state index is 0.00310. The topological polar surface area (TPSA) is 280 Å². The second-order valence-corrected chi connectivity index (χ2v) is 13.3. The van der Waals surface area contributed by atoms with Crippen LogP contribution in [0.25, 0.3) is 0 Å². The van der Waals surface area contributed by atoms with Crippen LogP contribution >= 0.6 is 0 Å². The molecule has 8 N–H and O–H groups in total. The Kier molecular flexibility index (Phi) is 16.1. The van der Waals surface area contributed by atoms with Gasteiger partial charge in [0.05, 0.1) is 17.7 Å². The van der Waals surface area contributed by atoms with Gasteiger partial charge in [-0.2, -0.15) is 0 Å². The first kappa shape index (κ1) is 42.8. The van der Waals surface area contributed by atoms with Crippen molar-refractivity contribution in [1.29, 1.82) is 0 Å². The van der Waals surface area contributed by atoms with Crippen molar-refractivity contribution in [2.75, 3.05) is 38.2 Å². The SMILES string of the molecule is CC(C)(C)C(=O)OCc1ccc(O[C@@H]2O[C@H](C(=O)O)[C@@H](O)[C@H](O)[C@H]2O)c(NC(=O)CCNC(=O)CCOCCCNC(=O)CCN2C(=O)C=CC2O)c1. The highest BCUT2D eigenvalue weighted by Gasteiger charge is 2.48. The number of anilines is 1. The Morgan fingerprint density at radius 2 is 1.58 bits per heavy atom. The zero-order valence-electron chi connectivity index (χ0n) is 29.7. The van der Waals surface area contributed by atoms with Crippen molar-refractivity contribution in [3.8, 4) is 5.75 Å². The molecule has 2 heterocycles. The molecule has 1 aromatic rings. The van der Waals surface area contributed by atoms with Gasteiger partial charge in [0.15, 0.2) is 6.10 Å². The molecule has 0 radical (unpaired) electrons. The van der Waals surface area contributed by atoms with Gasteiger partial charge in [0.1, 0.15) is 36.9 Å². The summed E-state index contributed by atoms with van der Waals surface area (Å²) in [6.45, 7) is 5.55. The van der Waals surface area contributed by atoms with Gasteiger partial charge in [-0.1, -0.05) is 6.07 Å². The van der Waals surface area contributed by atoms with Gasteiger partial charge >= 0.3 is 11.9 Å². The molecule has 1 saturated heterocycles. The number of esters is 1. The van der Waals surface area contributed by atoms with E-state index in [0.29, 0.717) is 18.5 Å². The molecule has 0 aromatic heterocycles. The van der Waals surface area contributed by atoms with Crippen molar-refractivity contribution in [2.24, 2.45) is 5.41 Å². The van der Waals surface area contributed by atoms with Crippen LogP contribution in [-0.4, -0.2) is 136 Å². The third-order valence-electron chi connectivity index (χ3n) is 7.88. The van der Waals surface area contributed by atoms with E-state index < -0.39 is 60.2 Å². The molecule has 0 spiro atoms. The summed E-state index contributed by atoms with van der Waals surface area (Å²) >= 11 is 0. The molecule has 1 unspecified atom stereocenters. The number of nitrogens with one attached hydrogen (secondary N) is 3. The lowest BCUT2D eigenvalue weighted by Gasteiger charge is -2.38. The summed E-state index contributed by atoms with van der Waals surface area (Å²) in [6, 6.07) is 4.25. The molecule has 1 aromatic carbocycles. The fourth-order valence-electron chi connectivity index (χ4n) is 4.84. The summed E-state index contributed by atoms with van der Waals surface area (Å²) in [5.41, 5.74) is -0.339. The van der Waals surface area contributed by atoms with Crippen LogP contribution in [0, 0.1) is 5.41 Å². The van der Waals surface area contributed by atoms with Crippen LogP contribution in [0.4, 0.5) is 5.69 Å². The van der Waals surface area contributed by atoms with Gasteiger partial charge in [0, 0.05) is 51.6 Å². The number of carboxylic acid groups (broad SMARTS) is 1. The van der Waals surface area contributed by atoms with Gasteiger partial charge in [-0.25, -0.2) is 4.79 Å². The standard InChI is InChI=1S/C34H48N4O15/c1-34(2,3)33(49)51-18-19-5-6-21(52-32-29(46)27(44)28(45)30(53-32)31(47)48)20(17-19)37-24(41)9-13-36-23(40)11-16-50-15-4-12-35-22(39)10-14-38-25(42)7-8-26(38)43/h5-8,17,25,27-30,32,42,44-46H,4,9-16,18H2,1-3H3,(H,35,39)(H,36,40)(H,37,41)(H,47,48)/t25?,27-,28-,29+,30-,32+/m0/s1.